The van der Waals surface area contributed by atoms with Gasteiger partial charge in [-0.3, -0.25) is 4.79 Å². The van der Waals surface area contributed by atoms with E-state index in [1.54, 1.807) is 12.1 Å². The van der Waals surface area contributed by atoms with Gasteiger partial charge in [0, 0.05) is 6.07 Å². The van der Waals surface area contributed by atoms with Crippen LogP contribution in [0.25, 0.3) is 0 Å². The van der Waals surface area contributed by atoms with E-state index in [0.717, 1.165) is 0 Å². The minimum absolute atomic E-state index is 0.0499. The lowest BCUT2D eigenvalue weighted by molar-refractivity contribution is -0.114. The summed E-state index contributed by atoms with van der Waals surface area (Å²) in [6.07, 6.45) is 0. The molecule has 4 N–H and O–H groups in total. The van der Waals surface area contributed by atoms with Gasteiger partial charge < -0.3 is 20.9 Å². The highest BCUT2D eigenvalue weighted by atomic mass is 16.5. The van der Waals surface area contributed by atoms with Gasteiger partial charge in [0.25, 0.3) is 0 Å². The molecule has 1 aromatic carbocycles. The lowest BCUT2D eigenvalue weighted by atomic mass is 10.2. The number of rotatable bonds is 3. The van der Waals surface area contributed by atoms with Crippen LogP contribution < -0.4 is 15.8 Å². The second-order valence-corrected chi connectivity index (χ2v) is 2.64. The normalized spacial score (nSPS) is 9.57. The van der Waals surface area contributed by atoms with Crippen LogP contribution in [0.5, 0.6) is 11.5 Å². The van der Waals surface area contributed by atoms with Gasteiger partial charge in [0.05, 0.1) is 19.3 Å². The van der Waals surface area contributed by atoms with E-state index in [2.05, 4.69) is 5.32 Å². The number of methoxy groups -OCH3 is 1. The molecule has 0 radical (unpaired) electrons. The van der Waals surface area contributed by atoms with E-state index in [-0.39, 0.29) is 18.2 Å². The average Bonchev–Trinajstić information content (AvgIpc) is 2.20. The van der Waals surface area contributed by atoms with Crippen LogP contribution in [0.3, 0.4) is 0 Å². The number of aromatic hydroxyl groups is 1. The van der Waals surface area contributed by atoms with Crippen molar-refractivity contribution < 1.29 is 14.6 Å². The molecule has 0 atom stereocenters. The number of ether oxygens (including phenoxy) is 1. The second kappa shape index (κ2) is 4.48. The first-order valence-electron chi connectivity index (χ1n) is 4.04. The second-order valence-electron chi connectivity index (χ2n) is 2.64. The quantitative estimate of drug-likeness (QED) is 0.607. The Kier molecular flexibility index (Phi) is 3.30. The lowest BCUT2D eigenvalue weighted by Crippen LogP contribution is -2.21. The molecular formula is C9H12N2O3. The largest absolute Gasteiger partial charge is 0.506 e. The molecule has 0 aliphatic heterocycles. The summed E-state index contributed by atoms with van der Waals surface area (Å²) >= 11 is 0. The highest BCUT2D eigenvalue weighted by Crippen LogP contribution is 2.27. The molecule has 0 heterocycles. The first kappa shape index (κ1) is 10.3. The summed E-state index contributed by atoms with van der Waals surface area (Å²) in [6.45, 7) is -0.120. The van der Waals surface area contributed by atoms with Gasteiger partial charge in [0.15, 0.2) is 0 Å². The fourth-order valence-electron chi connectivity index (χ4n) is 0.945. The van der Waals surface area contributed by atoms with E-state index in [1.165, 1.54) is 13.2 Å². The zero-order chi connectivity index (χ0) is 10.6. The Labute approximate surface area is 81.5 Å². The van der Waals surface area contributed by atoms with Crippen LogP contribution in [0.2, 0.25) is 0 Å². The van der Waals surface area contributed by atoms with Crippen molar-refractivity contribution >= 4 is 11.6 Å². The predicted octanol–water partition coefficient (Wildman–Crippen LogP) is 0.298. The molecular weight excluding hydrogens is 184 g/mol. The van der Waals surface area contributed by atoms with Gasteiger partial charge in [-0.2, -0.15) is 0 Å². The van der Waals surface area contributed by atoms with Crippen molar-refractivity contribution in [1.82, 2.24) is 0 Å². The molecule has 1 aromatic rings. The molecule has 0 aliphatic carbocycles. The first-order chi connectivity index (χ1) is 6.67. The third kappa shape index (κ3) is 2.37. The number of phenolic OH excluding ortho intramolecular Hbond substituents is 1. The van der Waals surface area contributed by atoms with Crippen LogP contribution in [-0.4, -0.2) is 24.7 Å². The molecule has 0 saturated carbocycles. The van der Waals surface area contributed by atoms with Crippen LogP contribution in [0, 0.1) is 0 Å². The molecule has 14 heavy (non-hydrogen) atoms. The van der Waals surface area contributed by atoms with E-state index in [0.29, 0.717) is 11.4 Å². The number of hydrogen-bond acceptors (Lipinski definition) is 4. The van der Waals surface area contributed by atoms with Crippen LogP contribution in [0.15, 0.2) is 18.2 Å². The smallest absolute Gasteiger partial charge is 0.238 e. The van der Waals surface area contributed by atoms with Crippen molar-refractivity contribution in [3.8, 4) is 11.5 Å². The van der Waals surface area contributed by atoms with Crippen LogP contribution in [0.1, 0.15) is 0 Å². The minimum Gasteiger partial charge on any atom is -0.506 e. The zero-order valence-corrected chi connectivity index (χ0v) is 7.78. The van der Waals surface area contributed by atoms with Gasteiger partial charge in [-0.25, -0.2) is 0 Å². The van der Waals surface area contributed by atoms with E-state index >= 15 is 0 Å². The number of carbonyl (C=O) groups excluding carboxylic acids is 1. The summed E-state index contributed by atoms with van der Waals surface area (Å²) in [5.74, 6) is 0.116. The highest BCUT2D eigenvalue weighted by Gasteiger charge is 2.05. The monoisotopic (exact) mass is 196 g/mol. The summed E-state index contributed by atoms with van der Waals surface area (Å²) in [7, 11) is 1.49. The summed E-state index contributed by atoms with van der Waals surface area (Å²) in [5, 5.41) is 11.9. The Hall–Kier alpha value is -1.75. The summed E-state index contributed by atoms with van der Waals surface area (Å²) in [6, 6.07) is 4.58. The summed E-state index contributed by atoms with van der Waals surface area (Å²) in [4.78, 5) is 10.9. The highest BCUT2D eigenvalue weighted by molar-refractivity contribution is 5.93. The molecule has 1 amide bonds. The molecule has 1 rings (SSSR count). The fourth-order valence-corrected chi connectivity index (χ4v) is 0.945. The third-order valence-electron chi connectivity index (χ3n) is 1.66. The molecule has 0 unspecified atom stereocenters. The van der Waals surface area contributed by atoms with E-state index in [4.69, 9.17) is 10.5 Å². The van der Waals surface area contributed by atoms with Crippen molar-refractivity contribution in [2.75, 3.05) is 19.0 Å². The standard InChI is InChI=1S/C9H12N2O3/c1-14-6-2-3-7(8(12)4-6)11-9(13)5-10/h2-4,12H,5,10H2,1H3,(H,11,13). The maximum atomic E-state index is 10.9. The van der Waals surface area contributed by atoms with Crippen molar-refractivity contribution in [1.29, 1.82) is 0 Å². The maximum absolute atomic E-state index is 10.9. The molecule has 5 heteroatoms. The number of benzene rings is 1. The molecule has 0 aromatic heterocycles. The van der Waals surface area contributed by atoms with Crippen molar-refractivity contribution in [2.45, 2.75) is 0 Å². The number of carbonyl (C=O) groups is 1. The van der Waals surface area contributed by atoms with Crippen LogP contribution >= 0.6 is 0 Å². The molecule has 0 spiro atoms. The maximum Gasteiger partial charge on any atom is 0.238 e. The number of amides is 1. The number of anilines is 1. The average molecular weight is 196 g/mol. The molecule has 5 nitrogen and oxygen atoms in total. The van der Waals surface area contributed by atoms with Crippen LogP contribution in [-0.2, 0) is 4.79 Å². The first-order valence-corrected chi connectivity index (χ1v) is 4.04. The van der Waals surface area contributed by atoms with Gasteiger partial charge in [-0.05, 0) is 12.1 Å². The third-order valence-corrected chi connectivity index (χ3v) is 1.66. The number of hydrogen-bond donors (Lipinski definition) is 3. The van der Waals surface area contributed by atoms with E-state index < -0.39 is 0 Å². The lowest BCUT2D eigenvalue weighted by Gasteiger charge is -2.07. The molecule has 0 fully saturated rings. The summed E-state index contributed by atoms with van der Waals surface area (Å²) in [5.41, 5.74) is 5.43. The summed E-state index contributed by atoms with van der Waals surface area (Å²) < 4.78 is 4.88. The van der Waals surface area contributed by atoms with Gasteiger partial charge in [-0.1, -0.05) is 0 Å². The Bertz CT molecular complexity index is 339. The van der Waals surface area contributed by atoms with Gasteiger partial charge >= 0.3 is 0 Å². The minimum atomic E-state index is -0.356. The Morgan fingerprint density at radius 3 is 2.86 bits per heavy atom. The number of phenols is 1. The van der Waals surface area contributed by atoms with Gasteiger partial charge in [0.2, 0.25) is 5.91 Å². The van der Waals surface area contributed by atoms with Gasteiger partial charge in [-0.15, -0.1) is 0 Å². The topological polar surface area (TPSA) is 84.6 Å². The predicted molar refractivity (Wildman–Crippen MR) is 52.3 cm³/mol. The molecule has 0 bridgehead atoms. The number of nitrogens with one attached hydrogen (secondary N) is 1. The molecule has 0 saturated heterocycles. The van der Waals surface area contributed by atoms with E-state index in [1.807, 2.05) is 0 Å². The SMILES string of the molecule is COc1ccc(NC(=O)CN)c(O)c1. The molecule has 0 aliphatic rings. The Morgan fingerprint density at radius 2 is 2.36 bits per heavy atom. The van der Waals surface area contributed by atoms with Crippen LogP contribution in [0.4, 0.5) is 5.69 Å². The van der Waals surface area contributed by atoms with Crippen molar-refractivity contribution in [2.24, 2.45) is 5.73 Å². The van der Waals surface area contributed by atoms with E-state index in [9.17, 15) is 9.90 Å². The Balaban J connectivity index is 2.83. The van der Waals surface area contributed by atoms with Crippen molar-refractivity contribution in [3.63, 3.8) is 0 Å². The zero-order valence-electron chi connectivity index (χ0n) is 7.78. The Morgan fingerprint density at radius 1 is 1.64 bits per heavy atom. The number of nitrogens with two attached hydrogens (primary N) is 1. The van der Waals surface area contributed by atoms with Gasteiger partial charge in [0.1, 0.15) is 11.5 Å². The fraction of sp³-hybridized carbons (Fsp3) is 0.222. The van der Waals surface area contributed by atoms with Crippen molar-refractivity contribution in [3.05, 3.63) is 18.2 Å². The molecule has 76 valence electrons.